The Labute approximate surface area is 113 Å². The van der Waals surface area contributed by atoms with E-state index in [9.17, 15) is 9.90 Å². The highest BCUT2D eigenvalue weighted by molar-refractivity contribution is 5.88. The number of carbonyl (C=O) groups is 1. The molecule has 5 heteroatoms. The fraction of sp³-hybridized carbons (Fsp3) is 0.500. The summed E-state index contributed by atoms with van der Waals surface area (Å²) in [5.74, 6) is 0.212. The highest BCUT2D eigenvalue weighted by Crippen LogP contribution is 2.36. The van der Waals surface area contributed by atoms with Crippen molar-refractivity contribution in [2.24, 2.45) is 0 Å². The molecule has 1 aromatic rings. The molecule has 0 saturated heterocycles. The Morgan fingerprint density at radius 2 is 2.16 bits per heavy atom. The van der Waals surface area contributed by atoms with Gasteiger partial charge in [0.25, 0.3) is 0 Å². The van der Waals surface area contributed by atoms with Crippen LogP contribution in [0.3, 0.4) is 0 Å². The van der Waals surface area contributed by atoms with Crippen molar-refractivity contribution in [1.82, 2.24) is 0 Å². The topological polar surface area (TPSA) is 70.6 Å². The second-order valence-electron chi connectivity index (χ2n) is 5.64. The molecule has 0 radical (unpaired) electrons. The van der Waals surface area contributed by atoms with Gasteiger partial charge in [0, 0.05) is 17.8 Å². The molecule has 0 bridgehead atoms. The van der Waals surface area contributed by atoms with Gasteiger partial charge in [-0.15, -0.1) is 0 Å². The molecule has 0 aromatic heterocycles. The zero-order valence-corrected chi connectivity index (χ0v) is 11.5. The van der Waals surface area contributed by atoms with Crippen molar-refractivity contribution in [3.63, 3.8) is 0 Å². The number of carbonyl (C=O) groups excluding carboxylic acids is 1. The minimum atomic E-state index is -0.528. The first kappa shape index (κ1) is 13.5. The van der Waals surface area contributed by atoms with Gasteiger partial charge in [-0.1, -0.05) is 0 Å². The summed E-state index contributed by atoms with van der Waals surface area (Å²) in [5.41, 5.74) is 1.80. The smallest absolute Gasteiger partial charge is 0.412 e. The van der Waals surface area contributed by atoms with E-state index in [0.29, 0.717) is 11.4 Å². The van der Waals surface area contributed by atoms with Crippen LogP contribution in [0.5, 0.6) is 5.75 Å². The van der Waals surface area contributed by atoms with Crippen LogP contribution in [0.25, 0.3) is 0 Å². The Balaban J connectivity index is 2.19. The van der Waals surface area contributed by atoms with Crippen LogP contribution in [0.4, 0.5) is 16.2 Å². The van der Waals surface area contributed by atoms with Gasteiger partial charge in [-0.25, -0.2) is 4.79 Å². The van der Waals surface area contributed by atoms with Crippen molar-refractivity contribution in [2.45, 2.75) is 39.2 Å². The molecule has 1 amide bonds. The lowest BCUT2D eigenvalue weighted by Gasteiger charge is -2.24. The SMILES string of the molecule is CC(C)(C)OC(=O)Nc1ccc(O)c2c1CCCN2. The molecule has 0 unspecified atom stereocenters. The molecule has 1 aliphatic heterocycles. The molecule has 0 atom stereocenters. The Morgan fingerprint density at radius 1 is 1.42 bits per heavy atom. The first-order valence-electron chi connectivity index (χ1n) is 6.45. The van der Waals surface area contributed by atoms with E-state index in [1.54, 1.807) is 12.1 Å². The lowest BCUT2D eigenvalue weighted by molar-refractivity contribution is 0.0636. The maximum atomic E-state index is 11.8. The molecule has 1 aliphatic rings. The molecule has 0 aliphatic carbocycles. The number of nitrogens with one attached hydrogen (secondary N) is 2. The Hall–Kier alpha value is -1.91. The van der Waals surface area contributed by atoms with Gasteiger partial charge in [0.1, 0.15) is 11.4 Å². The van der Waals surface area contributed by atoms with Crippen LogP contribution in [-0.4, -0.2) is 23.3 Å². The van der Waals surface area contributed by atoms with Gasteiger partial charge in [-0.2, -0.15) is 0 Å². The van der Waals surface area contributed by atoms with E-state index in [2.05, 4.69) is 10.6 Å². The van der Waals surface area contributed by atoms with E-state index >= 15 is 0 Å². The van der Waals surface area contributed by atoms with Gasteiger partial charge in [-0.05, 0) is 45.7 Å². The third-order valence-corrected chi connectivity index (χ3v) is 2.83. The summed E-state index contributed by atoms with van der Waals surface area (Å²) in [4.78, 5) is 11.8. The second kappa shape index (κ2) is 4.99. The summed E-state index contributed by atoms with van der Waals surface area (Å²) in [5, 5.41) is 15.7. The fourth-order valence-corrected chi connectivity index (χ4v) is 2.10. The maximum absolute atomic E-state index is 11.8. The van der Waals surface area contributed by atoms with Crippen LogP contribution in [-0.2, 0) is 11.2 Å². The van der Waals surface area contributed by atoms with Gasteiger partial charge in [0.2, 0.25) is 0 Å². The number of hydrogen-bond acceptors (Lipinski definition) is 4. The minimum absolute atomic E-state index is 0.212. The number of hydrogen-bond donors (Lipinski definition) is 3. The average Bonchev–Trinajstić information content (AvgIpc) is 2.31. The first-order chi connectivity index (χ1) is 8.87. The third kappa shape index (κ3) is 3.30. The second-order valence-corrected chi connectivity index (χ2v) is 5.64. The minimum Gasteiger partial charge on any atom is -0.506 e. The molecule has 5 nitrogen and oxygen atoms in total. The highest BCUT2D eigenvalue weighted by atomic mass is 16.6. The van der Waals surface area contributed by atoms with E-state index in [-0.39, 0.29) is 5.75 Å². The highest BCUT2D eigenvalue weighted by Gasteiger charge is 2.20. The number of fused-ring (bicyclic) bond motifs is 1. The lowest BCUT2D eigenvalue weighted by atomic mass is 10.0. The number of amides is 1. The summed E-state index contributed by atoms with van der Waals surface area (Å²) in [6.07, 6.45) is 1.31. The quantitative estimate of drug-likeness (QED) is 0.538. The first-order valence-corrected chi connectivity index (χ1v) is 6.45. The zero-order chi connectivity index (χ0) is 14.0. The molecular formula is C14H20N2O3. The van der Waals surface area contributed by atoms with Crippen LogP contribution in [0.2, 0.25) is 0 Å². The summed E-state index contributed by atoms with van der Waals surface area (Å²) >= 11 is 0. The van der Waals surface area contributed by atoms with Gasteiger partial charge in [0.05, 0.1) is 5.69 Å². The van der Waals surface area contributed by atoms with E-state index in [0.717, 1.165) is 24.9 Å². The van der Waals surface area contributed by atoms with Crippen molar-refractivity contribution >= 4 is 17.5 Å². The number of phenols is 1. The van der Waals surface area contributed by atoms with Crippen molar-refractivity contribution in [2.75, 3.05) is 17.2 Å². The number of aromatic hydroxyl groups is 1. The molecule has 0 spiro atoms. The molecule has 1 heterocycles. The third-order valence-electron chi connectivity index (χ3n) is 2.83. The van der Waals surface area contributed by atoms with Gasteiger partial charge < -0.3 is 15.2 Å². The zero-order valence-electron chi connectivity index (χ0n) is 11.5. The summed E-state index contributed by atoms with van der Waals surface area (Å²) in [7, 11) is 0. The lowest BCUT2D eigenvalue weighted by Crippen LogP contribution is -2.28. The largest absolute Gasteiger partial charge is 0.506 e. The Morgan fingerprint density at radius 3 is 2.84 bits per heavy atom. The van der Waals surface area contributed by atoms with E-state index < -0.39 is 11.7 Å². The number of phenolic OH excluding ortho intramolecular Hbond substituents is 1. The predicted molar refractivity (Wildman–Crippen MR) is 74.8 cm³/mol. The standard InChI is InChI=1S/C14H20N2O3/c1-14(2,3)19-13(18)16-10-6-7-11(17)12-9(10)5-4-8-15-12/h6-7,15,17H,4-5,8H2,1-3H3,(H,16,18). The monoisotopic (exact) mass is 264 g/mol. The molecule has 1 aromatic carbocycles. The van der Waals surface area contributed by atoms with Crippen LogP contribution in [0.1, 0.15) is 32.8 Å². The molecule has 104 valence electrons. The molecule has 0 fully saturated rings. The normalized spacial score (nSPS) is 14.3. The van der Waals surface area contributed by atoms with E-state index in [4.69, 9.17) is 4.74 Å². The van der Waals surface area contributed by atoms with Crippen LogP contribution in [0.15, 0.2) is 12.1 Å². The summed E-state index contributed by atoms with van der Waals surface area (Å²) in [6.45, 7) is 6.29. The van der Waals surface area contributed by atoms with E-state index in [1.807, 2.05) is 20.8 Å². The van der Waals surface area contributed by atoms with Gasteiger partial charge in [0.15, 0.2) is 0 Å². The van der Waals surface area contributed by atoms with Crippen molar-refractivity contribution in [1.29, 1.82) is 0 Å². The fourth-order valence-electron chi connectivity index (χ4n) is 2.10. The molecule has 3 N–H and O–H groups in total. The predicted octanol–water partition coefficient (Wildman–Crippen LogP) is 3.10. The average molecular weight is 264 g/mol. The number of rotatable bonds is 1. The summed E-state index contributed by atoms with van der Waals surface area (Å²) < 4.78 is 5.23. The van der Waals surface area contributed by atoms with Crippen LogP contribution in [0, 0.1) is 0 Å². The molecule has 19 heavy (non-hydrogen) atoms. The van der Waals surface area contributed by atoms with Crippen LogP contribution >= 0.6 is 0 Å². The van der Waals surface area contributed by atoms with Crippen molar-refractivity contribution in [3.8, 4) is 5.75 Å². The Bertz CT molecular complexity index is 492. The van der Waals surface area contributed by atoms with E-state index in [1.165, 1.54) is 0 Å². The number of ether oxygens (including phenoxy) is 1. The molecule has 0 saturated carbocycles. The van der Waals surface area contributed by atoms with Gasteiger partial charge >= 0.3 is 6.09 Å². The molecular weight excluding hydrogens is 244 g/mol. The Kier molecular flexibility index (Phi) is 3.55. The van der Waals surface area contributed by atoms with Crippen molar-refractivity contribution in [3.05, 3.63) is 17.7 Å². The summed E-state index contributed by atoms with van der Waals surface area (Å²) in [6, 6.07) is 3.27. The molecule has 2 rings (SSSR count). The maximum Gasteiger partial charge on any atom is 0.412 e. The number of benzene rings is 1. The van der Waals surface area contributed by atoms with Crippen molar-refractivity contribution < 1.29 is 14.6 Å². The van der Waals surface area contributed by atoms with Gasteiger partial charge in [-0.3, -0.25) is 5.32 Å². The number of anilines is 2. The van der Waals surface area contributed by atoms with Crippen LogP contribution < -0.4 is 10.6 Å².